The van der Waals surface area contributed by atoms with Crippen molar-refractivity contribution in [2.45, 2.75) is 45.8 Å². The van der Waals surface area contributed by atoms with Crippen LogP contribution in [-0.2, 0) is 16.6 Å². The zero-order chi connectivity index (χ0) is 16.7. The van der Waals surface area contributed by atoms with Crippen molar-refractivity contribution < 1.29 is 19.4 Å². The summed E-state index contributed by atoms with van der Waals surface area (Å²) < 4.78 is 7.12. The van der Waals surface area contributed by atoms with Gasteiger partial charge in [-0.25, -0.2) is 4.79 Å². The Bertz CT molecular complexity index is 608. The van der Waals surface area contributed by atoms with Crippen molar-refractivity contribution in [3.8, 4) is 0 Å². The summed E-state index contributed by atoms with van der Waals surface area (Å²) in [5.74, 6) is -1.46. The van der Waals surface area contributed by atoms with E-state index < -0.39 is 22.8 Å². The second kappa shape index (κ2) is 5.39. The Morgan fingerprint density at radius 2 is 2.18 bits per heavy atom. The van der Waals surface area contributed by atoms with Crippen LogP contribution in [0, 0.1) is 12.3 Å². The van der Waals surface area contributed by atoms with E-state index in [9.17, 15) is 14.7 Å². The molecule has 1 amide bonds. The largest absolute Gasteiger partial charge is 0.479 e. The van der Waals surface area contributed by atoms with Gasteiger partial charge in [0, 0.05) is 31.7 Å². The fraction of sp³-hybridized carbons (Fsp3) is 0.667. The van der Waals surface area contributed by atoms with E-state index in [-0.39, 0.29) is 12.5 Å². The van der Waals surface area contributed by atoms with E-state index in [1.807, 2.05) is 6.92 Å². The molecule has 0 spiro atoms. The number of aliphatic carboxylic acids is 1. The van der Waals surface area contributed by atoms with Crippen LogP contribution in [0.5, 0.6) is 0 Å². The van der Waals surface area contributed by atoms with Gasteiger partial charge in [-0.15, -0.1) is 0 Å². The number of ether oxygens (including phenoxy) is 1. The number of aryl methyl sites for hydroxylation is 2. The summed E-state index contributed by atoms with van der Waals surface area (Å²) in [6.45, 7) is 7.72. The van der Waals surface area contributed by atoms with Crippen LogP contribution < -0.4 is 5.32 Å². The van der Waals surface area contributed by atoms with Crippen molar-refractivity contribution >= 4 is 11.9 Å². The number of carboxylic acid groups (broad SMARTS) is 1. The summed E-state index contributed by atoms with van der Waals surface area (Å²) in [5.41, 5.74) is -1.06. The lowest BCUT2D eigenvalue weighted by Crippen LogP contribution is -2.76. The third-order valence-electron chi connectivity index (χ3n) is 4.71. The monoisotopic (exact) mass is 309 g/mol. The summed E-state index contributed by atoms with van der Waals surface area (Å²) in [7, 11) is 1.72. The second-order valence-electron chi connectivity index (χ2n) is 6.34. The number of nitrogens with one attached hydrogen (secondary N) is 1. The third-order valence-corrected chi connectivity index (χ3v) is 4.71. The molecule has 7 heteroatoms. The van der Waals surface area contributed by atoms with Gasteiger partial charge in [0.1, 0.15) is 5.54 Å². The van der Waals surface area contributed by atoms with Gasteiger partial charge in [-0.3, -0.25) is 9.48 Å². The van der Waals surface area contributed by atoms with Gasteiger partial charge in [0.05, 0.1) is 17.4 Å². The molecule has 2 rings (SSSR count). The molecule has 1 aromatic heterocycles. The first-order valence-electron chi connectivity index (χ1n) is 7.33. The lowest BCUT2D eigenvalue weighted by molar-refractivity contribution is -0.190. The minimum absolute atomic E-state index is 0.191. The third kappa shape index (κ3) is 2.29. The Balaban J connectivity index is 2.26. The highest BCUT2D eigenvalue weighted by molar-refractivity contribution is 5.99. The molecule has 2 atom stereocenters. The number of nitrogens with zero attached hydrogens (tertiary/aromatic N) is 2. The molecular weight excluding hydrogens is 286 g/mol. The van der Waals surface area contributed by atoms with Crippen molar-refractivity contribution in [3.63, 3.8) is 0 Å². The van der Waals surface area contributed by atoms with E-state index in [1.165, 1.54) is 4.68 Å². The minimum atomic E-state index is -1.33. The molecule has 1 aliphatic rings. The zero-order valence-corrected chi connectivity index (χ0v) is 13.6. The summed E-state index contributed by atoms with van der Waals surface area (Å²) >= 11 is 0. The highest BCUT2D eigenvalue weighted by Crippen LogP contribution is 2.51. The maximum absolute atomic E-state index is 12.5. The molecule has 1 aliphatic carbocycles. The molecule has 22 heavy (non-hydrogen) atoms. The predicted molar refractivity (Wildman–Crippen MR) is 79.6 cm³/mol. The first kappa shape index (κ1) is 16.5. The number of hydrogen-bond acceptors (Lipinski definition) is 4. The molecule has 7 nitrogen and oxygen atoms in total. The van der Waals surface area contributed by atoms with E-state index in [2.05, 4.69) is 10.4 Å². The van der Waals surface area contributed by atoms with E-state index in [0.717, 1.165) is 0 Å². The summed E-state index contributed by atoms with van der Waals surface area (Å²) in [5, 5.41) is 16.5. The van der Waals surface area contributed by atoms with Crippen molar-refractivity contribution in [3.05, 3.63) is 17.5 Å². The van der Waals surface area contributed by atoms with Crippen molar-refractivity contribution in [1.82, 2.24) is 15.1 Å². The molecule has 0 radical (unpaired) electrons. The molecule has 0 aliphatic heterocycles. The molecule has 0 bridgehead atoms. The lowest BCUT2D eigenvalue weighted by Gasteiger charge is -2.58. The minimum Gasteiger partial charge on any atom is -0.479 e. The standard InChI is InChI=1S/C15H23N3O4/c1-6-22-11-7-15(13(20)21,14(11,3)4)16-12(19)10-8-18(5)17-9(10)2/h8,11H,6-7H2,1-5H3,(H,16,19)(H,20,21)/t11-,15-/m1/s1. The SMILES string of the molecule is CCO[C@@H]1C[C@@](NC(=O)c2cn(C)nc2C)(C(=O)O)C1(C)C. The summed E-state index contributed by atoms with van der Waals surface area (Å²) in [4.78, 5) is 24.3. The van der Waals surface area contributed by atoms with Crippen LogP contribution in [0.3, 0.4) is 0 Å². The van der Waals surface area contributed by atoms with Gasteiger partial charge in [-0.1, -0.05) is 13.8 Å². The Morgan fingerprint density at radius 3 is 2.59 bits per heavy atom. The van der Waals surface area contributed by atoms with E-state index in [1.54, 1.807) is 34.0 Å². The fourth-order valence-corrected chi connectivity index (χ4v) is 3.12. The maximum atomic E-state index is 12.5. The van der Waals surface area contributed by atoms with Crippen LogP contribution in [0.15, 0.2) is 6.20 Å². The molecule has 0 aromatic carbocycles. The number of rotatable bonds is 5. The predicted octanol–water partition coefficient (Wildman–Crippen LogP) is 1.12. The van der Waals surface area contributed by atoms with Crippen LogP contribution in [-0.4, -0.2) is 45.0 Å². The number of carboxylic acids is 1. The van der Waals surface area contributed by atoms with Crippen LogP contribution in [0.1, 0.15) is 43.2 Å². The molecule has 1 heterocycles. The first-order chi connectivity index (χ1) is 10.2. The van der Waals surface area contributed by atoms with E-state index >= 15 is 0 Å². The van der Waals surface area contributed by atoms with E-state index in [0.29, 0.717) is 17.9 Å². The fourth-order valence-electron chi connectivity index (χ4n) is 3.12. The molecule has 0 saturated heterocycles. The normalized spacial score (nSPS) is 26.3. The first-order valence-corrected chi connectivity index (χ1v) is 7.33. The summed E-state index contributed by atoms with van der Waals surface area (Å²) in [6, 6.07) is 0. The van der Waals surface area contributed by atoms with Gasteiger partial charge in [-0.2, -0.15) is 5.10 Å². The number of carbonyl (C=O) groups is 2. The zero-order valence-electron chi connectivity index (χ0n) is 13.6. The highest BCUT2D eigenvalue weighted by Gasteiger charge is 2.66. The number of amides is 1. The van der Waals surface area contributed by atoms with Crippen LogP contribution in [0.4, 0.5) is 0 Å². The van der Waals surface area contributed by atoms with Gasteiger partial charge in [0.2, 0.25) is 0 Å². The Kier molecular flexibility index (Phi) is 4.04. The molecule has 122 valence electrons. The molecule has 0 unspecified atom stereocenters. The number of hydrogen-bond donors (Lipinski definition) is 2. The van der Waals surface area contributed by atoms with Crippen LogP contribution in [0.25, 0.3) is 0 Å². The van der Waals surface area contributed by atoms with Crippen LogP contribution >= 0.6 is 0 Å². The topological polar surface area (TPSA) is 93.5 Å². The van der Waals surface area contributed by atoms with Crippen molar-refractivity contribution in [2.75, 3.05) is 6.61 Å². The van der Waals surface area contributed by atoms with Gasteiger partial charge in [0.15, 0.2) is 0 Å². The molecule has 2 N–H and O–H groups in total. The van der Waals surface area contributed by atoms with E-state index in [4.69, 9.17) is 4.74 Å². The average Bonchev–Trinajstić information content (AvgIpc) is 2.75. The molecule has 1 saturated carbocycles. The average molecular weight is 309 g/mol. The van der Waals surface area contributed by atoms with Gasteiger partial charge >= 0.3 is 5.97 Å². The molecular formula is C15H23N3O4. The number of carbonyl (C=O) groups excluding carboxylic acids is 1. The van der Waals surface area contributed by atoms with Gasteiger partial charge in [-0.05, 0) is 13.8 Å². The second-order valence-corrected chi connectivity index (χ2v) is 6.34. The quantitative estimate of drug-likeness (QED) is 0.850. The smallest absolute Gasteiger partial charge is 0.330 e. The maximum Gasteiger partial charge on any atom is 0.330 e. The highest BCUT2D eigenvalue weighted by atomic mass is 16.5. The van der Waals surface area contributed by atoms with Crippen molar-refractivity contribution in [1.29, 1.82) is 0 Å². The Hall–Kier alpha value is -1.89. The Labute approximate surface area is 129 Å². The van der Waals surface area contributed by atoms with Gasteiger partial charge < -0.3 is 15.2 Å². The van der Waals surface area contributed by atoms with Gasteiger partial charge in [0.25, 0.3) is 5.91 Å². The van der Waals surface area contributed by atoms with Crippen molar-refractivity contribution in [2.24, 2.45) is 12.5 Å². The van der Waals surface area contributed by atoms with Crippen LogP contribution in [0.2, 0.25) is 0 Å². The summed E-state index contributed by atoms with van der Waals surface area (Å²) in [6.07, 6.45) is 1.66. The lowest BCUT2D eigenvalue weighted by atomic mass is 9.54. The molecule has 1 fully saturated rings. The molecule has 1 aromatic rings. The number of aromatic nitrogens is 2. The Morgan fingerprint density at radius 1 is 1.55 bits per heavy atom.